The average molecular weight is 769 g/mol. The molecule has 2 aliphatic rings. The van der Waals surface area contributed by atoms with Crippen LogP contribution in [0, 0.1) is 12.8 Å². The first-order chi connectivity index (χ1) is 24.9. The lowest BCUT2D eigenvalue weighted by molar-refractivity contribution is -0.205. The van der Waals surface area contributed by atoms with E-state index in [2.05, 4.69) is 60.3 Å². The number of likely N-dealkylation sites (N-methyl/N-ethyl adjacent to an activating group) is 1. The maximum atomic E-state index is 12.9. The maximum Gasteiger partial charge on any atom is 0.237 e. The highest BCUT2D eigenvalue weighted by Gasteiger charge is 2.48. The molecule has 2 aromatic rings. The van der Waals surface area contributed by atoms with Gasteiger partial charge < -0.3 is 40.3 Å². The van der Waals surface area contributed by atoms with E-state index < -0.39 is 41.3 Å². The van der Waals surface area contributed by atoms with Crippen LogP contribution in [0.1, 0.15) is 78.2 Å². The number of aliphatic hydroxyl groups is 3. The third-order valence-corrected chi connectivity index (χ3v) is 11.6. The zero-order valence-electron chi connectivity index (χ0n) is 32.7. The van der Waals surface area contributed by atoms with Gasteiger partial charge in [-0.1, -0.05) is 40.0 Å². The van der Waals surface area contributed by atoms with Crippen molar-refractivity contribution in [1.82, 2.24) is 20.1 Å². The highest BCUT2D eigenvalue weighted by molar-refractivity contribution is 7.99. The number of nitrogens with one attached hydrogen (secondary N) is 2. The van der Waals surface area contributed by atoms with Crippen LogP contribution < -0.4 is 15.4 Å². The van der Waals surface area contributed by atoms with Crippen molar-refractivity contribution in [2.45, 2.75) is 127 Å². The van der Waals surface area contributed by atoms with Gasteiger partial charge in [0.05, 0.1) is 35.8 Å². The van der Waals surface area contributed by atoms with Gasteiger partial charge in [-0.3, -0.25) is 14.7 Å². The number of aromatic nitrogens is 1. The molecule has 2 aliphatic heterocycles. The number of likely N-dealkylation sites (tertiary alicyclic amines) is 1. The second-order valence-electron chi connectivity index (χ2n) is 14.3. The van der Waals surface area contributed by atoms with E-state index in [0.29, 0.717) is 5.92 Å². The van der Waals surface area contributed by atoms with Crippen molar-refractivity contribution in [2.75, 3.05) is 58.5 Å². The Morgan fingerprint density at radius 3 is 2.48 bits per heavy atom. The van der Waals surface area contributed by atoms with Crippen molar-refractivity contribution >= 4 is 45.9 Å². The van der Waals surface area contributed by atoms with E-state index in [1.54, 1.807) is 20.3 Å². The molecule has 9 atom stereocenters. The highest BCUT2D eigenvalue weighted by Crippen LogP contribution is 2.32. The number of ether oxygens (including phenoxy) is 2. The topological polar surface area (TPSA) is 140 Å². The molecule has 0 saturated carbocycles. The summed E-state index contributed by atoms with van der Waals surface area (Å²) in [4.78, 5) is 22.0. The smallest absolute Gasteiger partial charge is 0.237 e. The fraction of sp³-hybridized carbons (Fsp3) is 0.744. The molecule has 11 nitrogen and oxygen atoms in total. The molecule has 52 heavy (non-hydrogen) atoms. The van der Waals surface area contributed by atoms with Crippen LogP contribution in [0.2, 0.25) is 0 Å². The second kappa shape index (κ2) is 22.5. The number of fused-ring (bicyclic) bond motifs is 1. The SMILES string of the molecule is CCCC1C[C@@H](C(=O)NC(C(C)Cl)C2O[C@H](SC)C(O)C(O)[C@H]2O)N(C)C1.CCN(CC)CCCCCCNc1cc(OC)cc2c(C)ccnc12. The summed E-state index contributed by atoms with van der Waals surface area (Å²) in [5.74, 6) is 1.23. The molecule has 0 spiro atoms. The van der Waals surface area contributed by atoms with Crippen LogP contribution in [0.3, 0.4) is 0 Å². The Bertz CT molecular complexity index is 1350. The van der Waals surface area contributed by atoms with Crippen LogP contribution in [-0.4, -0.2) is 136 Å². The van der Waals surface area contributed by atoms with Crippen LogP contribution in [0.15, 0.2) is 24.4 Å². The van der Waals surface area contributed by atoms with E-state index in [-0.39, 0.29) is 11.9 Å². The van der Waals surface area contributed by atoms with Crippen molar-refractivity contribution in [3.63, 3.8) is 0 Å². The van der Waals surface area contributed by atoms with Gasteiger partial charge in [0.2, 0.25) is 5.91 Å². The van der Waals surface area contributed by atoms with Crippen molar-refractivity contribution in [2.24, 2.45) is 5.92 Å². The number of pyridine rings is 1. The number of carbonyl (C=O) groups is 1. The minimum absolute atomic E-state index is 0.147. The Hall–Kier alpha value is -1.90. The summed E-state index contributed by atoms with van der Waals surface area (Å²) in [6.07, 6.45) is 6.83. The molecule has 0 bridgehead atoms. The van der Waals surface area contributed by atoms with E-state index in [1.165, 1.54) is 49.6 Å². The lowest BCUT2D eigenvalue weighted by Gasteiger charge is -2.44. The zero-order chi connectivity index (χ0) is 38.4. The van der Waals surface area contributed by atoms with E-state index in [4.69, 9.17) is 21.1 Å². The standard InChI is InChI=1S/C21H33N3O.C18H33ClN2O5S/c1-5-24(6-2)14-10-8-7-9-12-22-20-16-18(25-4)15-19-17(3)11-13-23-21(19)20;1-5-6-10-7-11(21(3)8-10)17(25)20-12(9(2)19)16-14(23)13(22)15(24)18(26-16)27-4/h11,13,15-16,22H,5-10,12,14H2,1-4H3;9-16,18,22-24H,5-8H2,1-4H3,(H,20,25)/t;9?,10?,11-,12?,13?,14+,15?,16?,18+/m.0/s1. The molecule has 1 amide bonds. The fourth-order valence-corrected chi connectivity index (χ4v) is 8.19. The molecular weight excluding hydrogens is 702 g/mol. The highest BCUT2D eigenvalue weighted by atomic mass is 35.5. The minimum atomic E-state index is -1.36. The van der Waals surface area contributed by atoms with E-state index >= 15 is 0 Å². The molecule has 1 aromatic carbocycles. The molecule has 0 radical (unpaired) electrons. The molecule has 4 rings (SSSR count). The van der Waals surface area contributed by atoms with Gasteiger partial charge in [0, 0.05) is 30.7 Å². The normalized spacial score (nSPS) is 26.1. The number of rotatable bonds is 18. The summed E-state index contributed by atoms with van der Waals surface area (Å²) in [6.45, 7) is 15.9. The van der Waals surface area contributed by atoms with Crippen LogP contribution >= 0.6 is 23.4 Å². The number of halogens is 1. The van der Waals surface area contributed by atoms with Gasteiger partial charge in [-0.25, -0.2) is 0 Å². The molecule has 296 valence electrons. The number of unbranched alkanes of at least 4 members (excludes halogenated alkanes) is 3. The van der Waals surface area contributed by atoms with Gasteiger partial charge in [-0.2, -0.15) is 0 Å². The first-order valence-corrected chi connectivity index (χ1v) is 20.9. The number of carbonyl (C=O) groups excluding carboxylic acids is 1. The largest absolute Gasteiger partial charge is 0.497 e. The number of alkyl halides is 1. The maximum absolute atomic E-state index is 12.9. The van der Waals surface area contributed by atoms with E-state index in [1.807, 2.05) is 24.2 Å². The lowest BCUT2D eigenvalue weighted by Crippen LogP contribution is -2.65. The molecule has 3 heterocycles. The van der Waals surface area contributed by atoms with E-state index in [9.17, 15) is 20.1 Å². The van der Waals surface area contributed by atoms with Crippen LogP contribution in [0.5, 0.6) is 5.75 Å². The van der Waals surface area contributed by atoms with Gasteiger partial charge in [0.25, 0.3) is 0 Å². The van der Waals surface area contributed by atoms with E-state index in [0.717, 1.165) is 67.8 Å². The number of hydrogen-bond acceptors (Lipinski definition) is 11. The van der Waals surface area contributed by atoms with Crippen molar-refractivity contribution in [3.05, 3.63) is 30.0 Å². The number of thioether (sulfide) groups is 1. The Morgan fingerprint density at radius 1 is 1.13 bits per heavy atom. The van der Waals surface area contributed by atoms with Crippen LogP contribution in [-0.2, 0) is 9.53 Å². The quantitative estimate of drug-likeness (QED) is 0.100. The molecular formula is C39H66ClN5O6S. The van der Waals surface area contributed by atoms with Gasteiger partial charge in [0.15, 0.2) is 0 Å². The summed E-state index contributed by atoms with van der Waals surface area (Å²) in [7, 11) is 3.65. The number of aliphatic hydroxyl groups excluding tert-OH is 3. The monoisotopic (exact) mass is 767 g/mol. The third-order valence-electron chi connectivity index (χ3n) is 10.5. The number of hydrogen-bond donors (Lipinski definition) is 5. The summed E-state index contributed by atoms with van der Waals surface area (Å²) >= 11 is 7.55. The molecule has 2 fully saturated rings. The van der Waals surface area contributed by atoms with Crippen molar-refractivity contribution < 1.29 is 29.6 Å². The Balaban J connectivity index is 0.000000281. The Morgan fingerprint density at radius 2 is 1.85 bits per heavy atom. The lowest BCUT2D eigenvalue weighted by atomic mass is 9.92. The van der Waals surface area contributed by atoms with Gasteiger partial charge in [-0.15, -0.1) is 23.4 Å². The molecule has 0 aliphatic carbocycles. The molecule has 2 saturated heterocycles. The van der Waals surface area contributed by atoms with Crippen LogP contribution in [0.4, 0.5) is 5.69 Å². The van der Waals surface area contributed by atoms with Crippen molar-refractivity contribution in [1.29, 1.82) is 0 Å². The predicted octanol–water partition coefficient (Wildman–Crippen LogP) is 5.26. The first kappa shape index (κ1) is 44.5. The molecule has 13 heteroatoms. The number of anilines is 1. The number of benzene rings is 1. The van der Waals surface area contributed by atoms with Gasteiger partial charge in [0.1, 0.15) is 35.6 Å². The summed E-state index contributed by atoms with van der Waals surface area (Å²) in [5.41, 5.74) is 2.62. The summed E-state index contributed by atoms with van der Waals surface area (Å²) in [6, 6.07) is 5.23. The minimum Gasteiger partial charge on any atom is -0.497 e. The predicted molar refractivity (Wildman–Crippen MR) is 215 cm³/mol. The molecule has 6 unspecified atom stereocenters. The summed E-state index contributed by atoms with van der Waals surface area (Å²) < 4.78 is 11.2. The number of methoxy groups -OCH3 is 1. The zero-order valence-corrected chi connectivity index (χ0v) is 34.3. The number of nitrogens with zero attached hydrogens (tertiary/aromatic N) is 3. The van der Waals surface area contributed by atoms with Gasteiger partial charge >= 0.3 is 0 Å². The van der Waals surface area contributed by atoms with Gasteiger partial charge in [-0.05, 0) is 96.1 Å². The van der Waals surface area contributed by atoms with Crippen LogP contribution in [0.25, 0.3) is 10.9 Å². The Labute approximate surface area is 321 Å². The number of amides is 1. The van der Waals surface area contributed by atoms with Crippen molar-refractivity contribution in [3.8, 4) is 5.75 Å². The third kappa shape index (κ3) is 12.3. The Kier molecular flexibility index (Phi) is 19.2. The first-order valence-electron chi connectivity index (χ1n) is 19.2. The second-order valence-corrected chi connectivity index (χ2v) is 15.9. The summed E-state index contributed by atoms with van der Waals surface area (Å²) in [5, 5.41) is 37.7. The molecule has 1 aromatic heterocycles. The fourth-order valence-electron chi connectivity index (χ4n) is 7.30. The molecule has 5 N–H and O–H groups in total. The number of aryl methyl sites for hydroxylation is 1. The average Bonchev–Trinajstić information content (AvgIpc) is 3.51.